The first kappa shape index (κ1) is 19.6. The largest absolute Gasteiger partial charge is 0.489 e. The van der Waals surface area contributed by atoms with Gasteiger partial charge in [0.05, 0.1) is 12.6 Å². The van der Waals surface area contributed by atoms with Crippen LogP contribution in [0.4, 0.5) is 4.79 Å². The molecule has 1 aromatic carbocycles. The molecule has 23 heavy (non-hydrogen) atoms. The highest BCUT2D eigenvalue weighted by atomic mass is 35.5. The molecule has 0 aliphatic rings. The standard InChI is InChI=1S/C17H27ClN2O3/c1-12(21)9-17(3,4)11-20-16(22)19-10-13(2)23-15-7-5-6-14(18)8-15/h5-8,12-13,21H,9-11H2,1-4H3,(H2,19,20,22). The van der Waals surface area contributed by atoms with E-state index in [2.05, 4.69) is 10.6 Å². The maximum atomic E-state index is 11.8. The van der Waals surface area contributed by atoms with Crippen molar-refractivity contribution in [1.29, 1.82) is 0 Å². The number of hydrogen-bond acceptors (Lipinski definition) is 3. The first-order valence-electron chi connectivity index (χ1n) is 7.80. The van der Waals surface area contributed by atoms with Gasteiger partial charge in [-0.1, -0.05) is 31.5 Å². The van der Waals surface area contributed by atoms with Crippen molar-refractivity contribution in [3.63, 3.8) is 0 Å². The molecular formula is C17H27ClN2O3. The molecule has 2 amide bonds. The van der Waals surface area contributed by atoms with Gasteiger partial charge < -0.3 is 20.5 Å². The van der Waals surface area contributed by atoms with Crippen molar-refractivity contribution in [2.45, 2.75) is 46.3 Å². The van der Waals surface area contributed by atoms with Gasteiger partial charge in [-0.3, -0.25) is 0 Å². The van der Waals surface area contributed by atoms with Crippen LogP contribution in [0, 0.1) is 5.41 Å². The Labute approximate surface area is 143 Å². The van der Waals surface area contributed by atoms with Crippen molar-refractivity contribution in [1.82, 2.24) is 10.6 Å². The Balaban J connectivity index is 2.30. The monoisotopic (exact) mass is 342 g/mol. The van der Waals surface area contributed by atoms with Gasteiger partial charge in [0.1, 0.15) is 11.9 Å². The molecule has 0 aliphatic heterocycles. The summed E-state index contributed by atoms with van der Waals surface area (Å²) in [7, 11) is 0. The summed E-state index contributed by atoms with van der Waals surface area (Å²) in [5.74, 6) is 0.672. The second kappa shape index (κ2) is 8.99. The molecule has 0 saturated heterocycles. The number of aliphatic hydroxyl groups is 1. The number of benzene rings is 1. The van der Waals surface area contributed by atoms with Crippen molar-refractivity contribution in [3.05, 3.63) is 29.3 Å². The van der Waals surface area contributed by atoms with Gasteiger partial charge in [-0.2, -0.15) is 0 Å². The zero-order valence-electron chi connectivity index (χ0n) is 14.2. The molecule has 0 heterocycles. The molecular weight excluding hydrogens is 316 g/mol. The van der Waals surface area contributed by atoms with Crippen LogP contribution >= 0.6 is 11.6 Å². The summed E-state index contributed by atoms with van der Waals surface area (Å²) < 4.78 is 5.68. The SMILES string of the molecule is CC(O)CC(C)(C)CNC(=O)NCC(C)Oc1cccc(Cl)c1. The van der Waals surface area contributed by atoms with E-state index in [1.807, 2.05) is 32.9 Å². The lowest BCUT2D eigenvalue weighted by Crippen LogP contribution is -2.44. The Bertz CT molecular complexity index is 506. The minimum absolute atomic E-state index is 0.158. The summed E-state index contributed by atoms with van der Waals surface area (Å²) in [6.45, 7) is 8.51. The lowest BCUT2D eigenvalue weighted by molar-refractivity contribution is 0.128. The summed E-state index contributed by atoms with van der Waals surface area (Å²) in [5.41, 5.74) is -0.158. The lowest BCUT2D eigenvalue weighted by atomic mass is 9.87. The highest BCUT2D eigenvalue weighted by Gasteiger charge is 2.21. The minimum Gasteiger partial charge on any atom is -0.489 e. The Kier molecular flexibility index (Phi) is 7.65. The van der Waals surface area contributed by atoms with Crippen molar-refractivity contribution < 1.29 is 14.6 Å². The molecule has 6 heteroatoms. The number of nitrogens with one attached hydrogen (secondary N) is 2. The first-order chi connectivity index (χ1) is 10.7. The van der Waals surface area contributed by atoms with E-state index in [-0.39, 0.29) is 23.7 Å². The molecule has 1 aromatic rings. The number of carbonyl (C=O) groups is 1. The number of amides is 2. The third kappa shape index (κ3) is 8.67. The van der Waals surface area contributed by atoms with Crippen molar-refractivity contribution in [2.24, 2.45) is 5.41 Å². The second-order valence-corrected chi connectivity index (χ2v) is 7.10. The normalized spacial score (nSPS) is 14.0. The zero-order chi connectivity index (χ0) is 17.5. The number of urea groups is 1. The number of aliphatic hydroxyl groups excluding tert-OH is 1. The van der Waals surface area contributed by atoms with Crippen LogP contribution in [0.2, 0.25) is 5.02 Å². The predicted octanol–water partition coefficient (Wildman–Crippen LogP) is 3.20. The molecule has 0 radical (unpaired) electrons. The van der Waals surface area contributed by atoms with Gasteiger partial charge in [-0.05, 0) is 43.9 Å². The highest BCUT2D eigenvalue weighted by molar-refractivity contribution is 6.30. The summed E-state index contributed by atoms with van der Waals surface area (Å²) in [6.07, 6.45) is 0.0624. The van der Waals surface area contributed by atoms with E-state index >= 15 is 0 Å². The van der Waals surface area contributed by atoms with Gasteiger partial charge in [-0.25, -0.2) is 4.79 Å². The molecule has 0 aromatic heterocycles. The van der Waals surface area contributed by atoms with E-state index in [9.17, 15) is 9.90 Å². The molecule has 0 fully saturated rings. The molecule has 1 rings (SSSR count). The number of rotatable bonds is 8. The van der Waals surface area contributed by atoms with Crippen LogP contribution in [0.25, 0.3) is 0 Å². The fraction of sp³-hybridized carbons (Fsp3) is 0.588. The van der Waals surface area contributed by atoms with Crippen molar-refractivity contribution in [3.8, 4) is 5.75 Å². The Morgan fingerprint density at radius 2 is 2.04 bits per heavy atom. The van der Waals surface area contributed by atoms with E-state index < -0.39 is 0 Å². The topological polar surface area (TPSA) is 70.6 Å². The maximum Gasteiger partial charge on any atom is 0.314 e. The Morgan fingerprint density at radius 1 is 1.35 bits per heavy atom. The highest BCUT2D eigenvalue weighted by Crippen LogP contribution is 2.21. The van der Waals surface area contributed by atoms with Gasteiger partial charge in [0.2, 0.25) is 0 Å². The van der Waals surface area contributed by atoms with Crippen molar-refractivity contribution >= 4 is 17.6 Å². The molecule has 0 spiro atoms. The molecule has 2 atom stereocenters. The molecule has 5 nitrogen and oxygen atoms in total. The third-order valence-electron chi connectivity index (χ3n) is 3.26. The number of hydrogen-bond donors (Lipinski definition) is 3. The predicted molar refractivity (Wildman–Crippen MR) is 93.0 cm³/mol. The Morgan fingerprint density at radius 3 is 2.65 bits per heavy atom. The van der Waals surface area contributed by atoms with Crippen LogP contribution in [0.5, 0.6) is 5.75 Å². The molecule has 0 aliphatic carbocycles. The van der Waals surface area contributed by atoms with Gasteiger partial charge >= 0.3 is 6.03 Å². The van der Waals surface area contributed by atoms with Gasteiger partial charge in [0.15, 0.2) is 0 Å². The fourth-order valence-electron chi connectivity index (χ4n) is 2.30. The Hall–Kier alpha value is -1.46. The molecule has 0 bridgehead atoms. The van der Waals surface area contributed by atoms with Gasteiger partial charge in [0, 0.05) is 11.6 Å². The minimum atomic E-state index is -0.388. The molecule has 0 saturated carbocycles. The van der Waals surface area contributed by atoms with Crippen LogP contribution in [0.1, 0.15) is 34.1 Å². The zero-order valence-corrected chi connectivity index (χ0v) is 15.0. The average molecular weight is 343 g/mol. The van der Waals surface area contributed by atoms with Crippen molar-refractivity contribution in [2.75, 3.05) is 13.1 Å². The molecule has 2 unspecified atom stereocenters. The fourth-order valence-corrected chi connectivity index (χ4v) is 2.48. The van der Waals surface area contributed by atoms with E-state index in [1.165, 1.54) is 0 Å². The maximum absolute atomic E-state index is 11.8. The first-order valence-corrected chi connectivity index (χ1v) is 8.18. The van der Waals surface area contributed by atoms with Crippen LogP contribution in [-0.2, 0) is 0 Å². The van der Waals surface area contributed by atoms with Crippen LogP contribution in [0.3, 0.4) is 0 Å². The van der Waals surface area contributed by atoms with E-state index in [0.717, 1.165) is 0 Å². The van der Waals surface area contributed by atoms with E-state index in [0.29, 0.717) is 30.3 Å². The van der Waals surface area contributed by atoms with Gasteiger partial charge in [0.25, 0.3) is 0 Å². The number of carbonyl (C=O) groups excluding carboxylic acids is 1. The number of halogens is 1. The summed E-state index contributed by atoms with van der Waals surface area (Å²) >= 11 is 5.90. The lowest BCUT2D eigenvalue weighted by Gasteiger charge is -2.26. The molecule has 130 valence electrons. The van der Waals surface area contributed by atoms with E-state index in [1.54, 1.807) is 19.1 Å². The van der Waals surface area contributed by atoms with Gasteiger partial charge in [-0.15, -0.1) is 0 Å². The molecule has 3 N–H and O–H groups in total. The van der Waals surface area contributed by atoms with E-state index in [4.69, 9.17) is 16.3 Å². The third-order valence-corrected chi connectivity index (χ3v) is 3.49. The summed E-state index contributed by atoms with van der Waals surface area (Å²) in [6, 6.07) is 6.90. The number of ether oxygens (including phenoxy) is 1. The van der Waals surface area contributed by atoms with Crippen LogP contribution in [-0.4, -0.2) is 36.4 Å². The average Bonchev–Trinajstić information content (AvgIpc) is 2.41. The quantitative estimate of drug-likeness (QED) is 0.679. The summed E-state index contributed by atoms with van der Waals surface area (Å²) in [5, 5.41) is 15.6. The summed E-state index contributed by atoms with van der Waals surface area (Å²) in [4.78, 5) is 11.8. The van der Waals surface area contributed by atoms with Crippen LogP contribution in [0.15, 0.2) is 24.3 Å². The second-order valence-electron chi connectivity index (χ2n) is 6.67. The smallest absolute Gasteiger partial charge is 0.314 e. The van der Waals surface area contributed by atoms with Crippen LogP contribution < -0.4 is 15.4 Å².